The van der Waals surface area contributed by atoms with E-state index in [1.54, 1.807) is 25.3 Å². The van der Waals surface area contributed by atoms with E-state index in [2.05, 4.69) is 0 Å². The Labute approximate surface area is 117 Å². The maximum Gasteiger partial charge on any atom is 0.325 e. The first-order chi connectivity index (χ1) is 9.13. The number of hydrogen-bond acceptors (Lipinski definition) is 3. The highest BCUT2D eigenvalue weighted by Crippen LogP contribution is 2.31. The zero-order valence-corrected chi connectivity index (χ0v) is 11.7. The molecule has 1 heterocycles. The van der Waals surface area contributed by atoms with Gasteiger partial charge in [0.2, 0.25) is 0 Å². The molecule has 104 valence electrons. The van der Waals surface area contributed by atoms with E-state index in [-0.39, 0.29) is 0 Å². The van der Waals surface area contributed by atoms with Crippen molar-refractivity contribution >= 4 is 17.6 Å². The van der Waals surface area contributed by atoms with Crippen molar-refractivity contribution in [3.63, 3.8) is 0 Å². The van der Waals surface area contributed by atoms with Gasteiger partial charge in [-0.05, 0) is 43.6 Å². The van der Waals surface area contributed by atoms with E-state index in [1.807, 2.05) is 4.90 Å². The van der Waals surface area contributed by atoms with Crippen LogP contribution in [0.3, 0.4) is 0 Å². The summed E-state index contributed by atoms with van der Waals surface area (Å²) in [6.07, 6.45) is 3.27. The number of carboxylic acids is 1. The second kappa shape index (κ2) is 6.26. The molecular weight excluding hydrogens is 266 g/mol. The second-order valence-corrected chi connectivity index (χ2v) is 5.14. The lowest BCUT2D eigenvalue weighted by Gasteiger charge is -2.32. The summed E-state index contributed by atoms with van der Waals surface area (Å²) in [4.78, 5) is 13.6. The van der Waals surface area contributed by atoms with Crippen LogP contribution in [-0.4, -0.2) is 36.2 Å². The predicted octanol–water partition coefficient (Wildman–Crippen LogP) is 2.96. The summed E-state index contributed by atoms with van der Waals surface area (Å²) in [5.41, 5.74) is 0.709. The van der Waals surface area contributed by atoms with Crippen molar-refractivity contribution in [3.8, 4) is 5.75 Å². The van der Waals surface area contributed by atoms with E-state index in [4.69, 9.17) is 16.3 Å². The minimum atomic E-state index is -0.830. The van der Waals surface area contributed by atoms with E-state index in [0.717, 1.165) is 25.9 Å². The summed E-state index contributed by atoms with van der Waals surface area (Å²) in [5.74, 6) is -0.267. The number of benzene rings is 1. The van der Waals surface area contributed by atoms with E-state index in [9.17, 15) is 9.90 Å². The molecule has 0 radical (unpaired) electrons. The molecule has 1 aromatic rings. The van der Waals surface area contributed by atoms with Crippen molar-refractivity contribution in [1.29, 1.82) is 0 Å². The average molecular weight is 284 g/mol. The summed E-state index contributed by atoms with van der Waals surface area (Å²) in [6.45, 7) is 1.64. The van der Waals surface area contributed by atoms with Gasteiger partial charge >= 0.3 is 5.97 Å². The number of hydrogen-bond donors (Lipinski definition) is 1. The third-order valence-corrected chi connectivity index (χ3v) is 3.78. The molecule has 1 unspecified atom stereocenters. The Morgan fingerprint density at radius 2 is 2.05 bits per heavy atom. The van der Waals surface area contributed by atoms with E-state index in [1.165, 1.54) is 6.42 Å². The van der Waals surface area contributed by atoms with Crippen molar-refractivity contribution in [1.82, 2.24) is 4.90 Å². The molecule has 19 heavy (non-hydrogen) atoms. The molecule has 0 bridgehead atoms. The number of carbonyl (C=O) groups is 1. The Morgan fingerprint density at radius 3 is 2.58 bits per heavy atom. The molecule has 1 fully saturated rings. The van der Waals surface area contributed by atoms with Crippen LogP contribution in [0.2, 0.25) is 5.02 Å². The molecule has 4 nitrogen and oxygen atoms in total. The van der Waals surface area contributed by atoms with Crippen LogP contribution in [0.5, 0.6) is 5.75 Å². The topological polar surface area (TPSA) is 49.8 Å². The minimum Gasteiger partial charge on any atom is -0.495 e. The van der Waals surface area contributed by atoms with Crippen LogP contribution in [0.15, 0.2) is 18.2 Å². The Kier molecular flexibility index (Phi) is 4.66. The number of halogens is 1. The van der Waals surface area contributed by atoms with Crippen LogP contribution in [0.1, 0.15) is 30.9 Å². The van der Waals surface area contributed by atoms with Gasteiger partial charge in [0.05, 0.1) is 12.1 Å². The van der Waals surface area contributed by atoms with Crippen molar-refractivity contribution in [2.75, 3.05) is 20.2 Å². The first-order valence-electron chi connectivity index (χ1n) is 6.44. The van der Waals surface area contributed by atoms with Gasteiger partial charge in [0.1, 0.15) is 11.8 Å². The quantitative estimate of drug-likeness (QED) is 0.923. The van der Waals surface area contributed by atoms with Gasteiger partial charge in [-0.2, -0.15) is 0 Å². The third-order valence-electron chi connectivity index (χ3n) is 3.48. The first kappa shape index (κ1) is 14.2. The van der Waals surface area contributed by atoms with Crippen LogP contribution in [-0.2, 0) is 4.79 Å². The van der Waals surface area contributed by atoms with Crippen molar-refractivity contribution in [2.24, 2.45) is 0 Å². The lowest BCUT2D eigenvalue weighted by molar-refractivity contribution is -0.144. The second-order valence-electron chi connectivity index (χ2n) is 4.73. The Morgan fingerprint density at radius 1 is 1.37 bits per heavy atom. The van der Waals surface area contributed by atoms with Gasteiger partial charge in [-0.3, -0.25) is 9.69 Å². The van der Waals surface area contributed by atoms with Crippen LogP contribution in [0.4, 0.5) is 0 Å². The van der Waals surface area contributed by atoms with Crippen LogP contribution < -0.4 is 4.74 Å². The lowest BCUT2D eigenvalue weighted by atomic mass is 10.0. The Hall–Kier alpha value is -1.26. The Bertz CT molecular complexity index is 458. The molecule has 1 aliphatic rings. The maximum absolute atomic E-state index is 11.5. The number of methoxy groups -OCH3 is 1. The zero-order valence-electron chi connectivity index (χ0n) is 10.9. The summed E-state index contributed by atoms with van der Waals surface area (Å²) in [6, 6.07) is 4.56. The maximum atomic E-state index is 11.5. The molecule has 5 heteroatoms. The number of piperidine rings is 1. The van der Waals surface area contributed by atoms with Crippen LogP contribution in [0.25, 0.3) is 0 Å². The molecule has 0 aliphatic carbocycles. The average Bonchev–Trinajstić information content (AvgIpc) is 2.40. The van der Waals surface area contributed by atoms with Gasteiger partial charge in [-0.25, -0.2) is 0 Å². The number of likely N-dealkylation sites (tertiary alicyclic amines) is 1. The van der Waals surface area contributed by atoms with E-state index < -0.39 is 12.0 Å². The normalized spacial score (nSPS) is 18.0. The smallest absolute Gasteiger partial charge is 0.325 e. The predicted molar refractivity (Wildman–Crippen MR) is 73.8 cm³/mol. The third kappa shape index (κ3) is 3.19. The standard InChI is InChI=1S/C14H18ClNO3/c1-19-12-6-5-10(9-11(12)15)13(14(17)18)16-7-3-2-4-8-16/h5-6,9,13H,2-4,7-8H2,1H3,(H,17,18). The highest BCUT2D eigenvalue weighted by atomic mass is 35.5. The van der Waals surface area contributed by atoms with E-state index in [0.29, 0.717) is 16.3 Å². The SMILES string of the molecule is COc1ccc(C(C(=O)O)N2CCCCC2)cc1Cl. The monoisotopic (exact) mass is 283 g/mol. The summed E-state index contributed by atoms with van der Waals surface area (Å²) in [7, 11) is 1.54. The fraction of sp³-hybridized carbons (Fsp3) is 0.500. The number of aliphatic carboxylic acids is 1. The molecule has 0 amide bonds. The fourth-order valence-electron chi connectivity index (χ4n) is 2.54. The molecule has 1 aliphatic heterocycles. The largest absolute Gasteiger partial charge is 0.495 e. The van der Waals surface area contributed by atoms with Gasteiger partial charge in [-0.15, -0.1) is 0 Å². The molecule has 1 aromatic carbocycles. The van der Waals surface area contributed by atoms with Crippen LogP contribution >= 0.6 is 11.6 Å². The molecule has 0 saturated carbocycles. The highest BCUT2D eigenvalue weighted by Gasteiger charge is 2.28. The molecule has 2 rings (SSSR count). The van der Waals surface area contributed by atoms with Gasteiger partial charge in [0.15, 0.2) is 0 Å². The minimum absolute atomic E-state index is 0.447. The van der Waals surface area contributed by atoms with Crippen molar-refractivity contribution < 1.29 is 14.6 Å². The number of nitrogens with zero attached hydrogens (tertiary/aromatic N) is 1. The Balaban J connectivity index is 2.28. The van der Waals surface area contributed by atoms with Crippen molar-refractivity contribution in [2.45, 2.75) is 25.3 Å². The van der Waals surface area contributed by atoms with E-state index >= 15 is 0 Å². The van der Waals surface area contributed by atoms with Gasteiger partial charge in [-0.1, -0.05) is 24.1 Å². The number of ether oxygens (including phenoxy) is 1. The molecule has 1 atom stereocenters. The van der Waals surface area contributed by atoms with Crippen molar-refractivity contribution in [3.05, 3.63) is 28.8 Å². The molecule has 1 N–H and O–H groups in total. The molecule has 0 spiro atoms. The van der Waals surface area contributed by atoms with Crippen LogP contribution in [0, 0.1) is 0 Å². The van der Waals surface area contributed by atoms with Gasteiger partial charge in [0.25, 0.3) is 0 Å². The summed E-state index contributed by atoms with van der Waals surface area (Å²) >= 11 is 6.08. The molecule has 1 saturated heterocycles. The first-order valence-corrected chi connectivity index (χ1v) is 6.81. The van der Waals surface area contributed by atoms with Gasteiger partial charge < -0.3 is 9.84 Å². The molecule has 0 aromatic heterocycles. The highest BCUT2D eigenvalue weighted by molar-refractivity contribution is 6.32. The summed E-state index contributed by atoms with van der Waals surface area (Å²) < 4.78 is 5.09. The molecular formula is C14H18ClNO3. The summed E-state index contributed by atoms with van der Waals surface area (Å²) in [5, 5.41) is 9.93. The fourth-order valence-corrected chi connectivity index (χ4v) is 2.80. The lowest BCUT2D eigenvalue weighted by Crippen LogP contribution is -2.37. The number of rotatable bonds is 4. The number of carboxylic acid groups (broad SMARTS) is 1. The zero-order chi connectivity index (χ0) is 13.8. The van der Waals surface area contributed by atoms with Gasteiger partial charge in [0, 0.05) is 0 Å².